The first kappa shape index (κ1) is 33.6. The fourth-order valence-electron chi connectivity index (χ4n) is 13.3. The van der Waals surface area contributed by atoms with Gasteiger partial charge in [-0.1, -0.05) is 64.5 Å². The average molecular weight is 667 g/mol. The fraction of sp³-hybridized carbons (Fsp3) is 0.711. The van der Waals surface area contributed by atoms with Gasteiger partial charge in [-0.15, -0.1) is 0 Å². The third kappa shape index (κ3) is 4.30. The van der Waals surface area contributed by atoms with Crippen LogP contribution in [0.5, 0.6) is 11.5 Å². The second kappa shape index (κ2) is 10.5. The zero-order valence-electron chi connectivity index (χ0n) is 32.2. The lowest BCUT2D eigenvalue weighted by Gasteiger charge is -2.71. The monoisotopic (exact) mass is 666 g/mol. The molecule has 1 aromatic carbocycles. The summed E-state index contributed by atoms with van der Waals surface area (Å²) in [5.41, 5.74) is 8.08. The van der Waals surface area contributed by atoms with Gasteiger partial charge in [-0.25, -0.2) is 0 Å². The van der Waals surface area contributed by atoms with Gasteiger partial charge in [-0.05, 0) is 155 Å². The Labute approximate surface area is 296 Å². The topological polar surface area (TPSA) is 44.8 Å². The Morgan fingerprint density at radius 2 is 1.67 bits per heavy atom. The lowest BCUT2D eigenvalue weighted by atomic mass is 9.33. The van der Waals surface area contributed by atoms with Crippen LogP contribution in [-0.4, -0.2) is 24.8 Å². The molecule has 4 heteroatoms. The lowest BCUT2D eigenvalue weighted by molar-refractivity contribution is -0.205. The van der Waals surface area contributed by atoms with Crippen molar-refractivity contribution in [1.82, 2.24) is 0 Å². The first-order valence-electron chi connectivity index (χ1n) is 19.6. The number of carbonyl (C=O) groups is 1. The van der Waals surface area contributed by atoms with Crippen molar-refractivity contribution >= 4 is 12.0 Å². The van der Waals surface area contributed by atoms with E-state index in [1.807, 2.05) is 0 Å². The third-order valence-electron chi connectivity index (χ3n) is 17.1. The number of benzene rings is 1. The van der Waals surface area contributed by atoms with Gasteiger partial charge in [-0.3, -0.25) is 4.79 Å². The largest absolute Gasteiger partial charge is 0.482 e. The Hall–Kier alpha value is -2.49. The molecule has 0 radical (unpaired) electrons. The van der Waals surface area contributed by atoms with Crippen LogP contribution in [0.25, 0.3) is 6.08 Å². The van der Waals surface area contributed by atoms with Gasteiger partial charge in [0.2, 0.25) is 0 Å². The Morgan fingerprint density at radius 3 is 2.39 bits per heavy atom. The van der Waals surface area contributed by atoms with Crippen LogP contribution in [0, 0.1) is 52.3 Å². The highest BCUT2D eigenvalue weighted by Gasteiger charge is 2.68. The van der Waals surface area contributed by atoms with Crippen molar-refractivity contribution in [1.29, 1.82) is 0 Å². The van der Waals surface area contributed by atoms with Crippen LogP contribution in [0.2, 0.25) is 0 Å². The number of ether oxygens (including phenoxy) is 3. The van der Waals surface area contributed by atoms with E-state index in [4.69, 9.17) is 14.2 Å². The maximum absolute atomic E-state index is 13.2. The number of fused-ring (bicyclic) bond motifs is 10. The molecule has 4 nitrogen and oxygen atoms in total. The molecule has 8 rings (SSSR count). The van der Waals surface area contributed by atoms with Gasteiger partial charge in [-0.2, -0.15) is 0 Å². The second-order valence-electron chi connectivity index (χ2n) is 19.6. The van der Waals surface area contributed by atoms with Crippen molar-refractivity contribution in [3.8, 4) is 11.5 Å². The predicted molar refractivity (Wildman–Crippen MR) is 198 cm³/mol. The van der Waals surface area contributed by atoms with Crippen molar-refractivity contribution in [2.24, 2.45) is 45.3 Å². The Bertz CT molecular complexity index is 1700. The Kier molecular flexibility index (Phi) is 7.23. The van der Waals surface area contributed by atoms with Gasteiger partial charge in [0.1, 0.15) is 6.10 Å². The van der Waals surface area contributed by atoms with E-state index in [2.05, 4.69) is 87.1 Å². The van der Waals surface area contributed by atoms with Crippen LogP contribution < -0.4 is 9.47 Å². The van der Waals surface area contributed by atoms with Gasteiger partial charge in [0.25, 0.3) is 0 Å². The van der Waals surface area contributed by atoms with Crippen LogP contribution >= 0.6 is 0 Å². The van der Waals surface area contributed by atoms with Crippen LogP contribution in [0.1, 0.15) is 143 Å². The summed E-state index contributed by atoms with van der Waals surface area (Å²) < 4.78 is 19.8. The molecule has 1 aliphatic heterocycles. The summed E-state index contributed by atoms with van der Waals surface area (Å²) in [4.78, 5) is 13.2. The Balaban J connectivity index is 1.16. The molecule has 0 saturated heterocycles. The van der Waals surface area contributed by atoms with Crippen LogP contribution in [0.4, 0.5) is 0 Å². The molecule has 3 saturated carbocycles. The zero-order chi connectivity index (χ0) is 35.1. The fourth-order valence-corrected chi connectivity index (χ4v) is 13.3. The standard InChI is InChI=1S/C45H62O4/c1-26(2)29-13-12-27(3)31-23-37-45(10,33(31)22-29)49-38-28(4)30-14-15-35-42(7,32(30)24-34(38)48-37)19-21-44(9)36-25-41(6,39(46)47-11)17-16-40(36,5)18-20-43(35,44)8/h14-15,24,27,29,35-37H,1,12-13,16-23,25H2,2-11H3/t27?,29?,35?,36?,37-,40-,41-,42+,43-,44+,45+/m1/s1. The first-order valence-corrected chi connectivity index (χ1v) is 19.6. The molecular weight excluding hydrogens is 604 g/mol. The first-order chi connectivity index (χ1) is 22.9. The van der Waals surface area contributed by atoms with E-state index in [1.54, 1.807) is 12.7 Å². The molecule has 11 atom stereocenters. The molecule has 1 heterocycles. The van der Waals surface area contributed by atoms with Crippen molar-refractivity contribution in [2.75, 3.05) is 7.11 Å². The van der Waals surface area contributed by atoms with Crippen molar-refractivity contribution in [3.05, 3.63) is 52.1 Å². The molecule has 3 fully saturated rings. The summed E-state index contributed by atoms with van der Waals surface area (Å²) in [6, 6.07) is 2.41. The highest BCUT2D eigenvalue weighted by atomic mass is 16.6. The van der Waals surface area contributed by atoms with Crippen molar-refractivity contribution in [3.63, 3.8) is 0 Å². The minimum absolute atomic E-state index is 0.00457. The minimum atomic E-state index is -0.438. The van der Waals surface area contributed by atoms with E-state index in [1.165, 1.54) is 59.9 Å². The van der Waals surface area contributed by atoms with E-state index in [0.29, 0.717) is 23.7 Å². The molecular formula is C45H62O4. The molecule has 4 unspecified atom stereocenters. The number of hydrogen-bond donors (Lipinski definition) is 0. The van der Waals surface area contributed by atoms with E-state index in [0.717, 1.165) is 50.0 Å². The van der Waals surface area contributed by atoms with Gasteiger partial charge < -0.3 is 14.2 Å². The molecule has 6 aliphatic carbocycles. The normalized spacial score (nSPS) is 46.3. The van der Waals surface area contributed by atoms with Gasteiger partial charge in [0.05, 0.1) is 12.5 Å². The van der Waals surface area contributed by atoms with Crippen LogP contribution in [0.3, 0.4) is 0 Å². The quantitative estimate of drug-likeness (QED) is 0.233. The summed E-state index contributed by atoms with van der Waals surface area (Å²) in [6.45, 7) is 26.0. The zero-order valence-corrected chi connectivity index (χ0v) is 32.2. The highest BCUT2D eigenvalue weighted by molar-refractivity contribution is 5.76. The summed E-state index contributed by atoms with van der Waals surface area (Å²) in [6.07, 6.45) is 17.2. The molecule has 1 aromatic rings. The molecule has 0 aromatic heterocycles. The third-order valence-corrected chi connectivity index (χ3v) is 17.1. The number of methoxy groups -OCH3 is 1. The van der Waals surface area contributed by atoms with Gasteiger partial charge >= 0.3 is 5.97 Å². The van der Waals surface area contributed by atoms with E-state index < -0.39 is 11.0 Å². The molecule has 266 valence electrons. The van der Waals surface area contributed by atoms with E-state index in [-0.39, 0.29) is 33.7 Å². The number of carbonyl (C=O) groups excluding carboxylic acids is 1. The molecule has 0 N–H and O–H groups in total. The maximum atomic E-state index is 13.2. The van der Waals surface area contributed by atoms with Crippen molar-refractivity contribution in [2.45, 2.75) is 150 Å². The maximum Gasteiger partial charge on any atom is 0.311 e. The van der Waals surface area contributed by atoms with Crippen molar-refractivity contribution < 1.29 is 19.0 Å². The van der Waals surface area contributed by atoms with Gasteiger partial charge in [0.15, 0.2) is 17.1 Å². The Morgan fingerprint density at radius 1 is 0.959 bits per heavy atom. The van der Waals surface area contributed by atoms with Crippen LogP contribution in [-0.2, 0) is 14.9 Å². The highest BCUT2D eigenvalue weighted by Crippen LogP contribution is 2.75. The molecule has 7 aliphatic rings. The number of rotatable bonds is 2. The molecule has 0 amide bonds. The molecule has 0 bridgehead atoms. The number of hydrogen-bond acceptors (Lipinski definition) is 4. The summed E-state index contributed by atoms with van der Waals surface area (Å²) >= 11 is 0. The summed E-state index contributed by atoms with van der Waals surface area (Å²) in [7, 11) is 1.57. The average Bonchev–Trinajstić information content (AvgIpc) is 3.22. The minimum Gasteiger partial charge on any atom is -0.482 e. The second-order valence-corrected chi connectivity index (χ2v) is 19.6. The number of esters is 1. The van der Waals surface area contributed by atoms with E-state index in [9.17, 15) is 4.79 Å². The molecule has 49 heavy (non-hydrogen) atoms. The SMILES string of the molecule is C=C(C)C1CCC(C)C2=C(C1)[C@]1(C)Oc3c(cc4c(c3C)C=CC3[C@@]4(C)CC[C@@]4(C)C5C[C@](C)(C(=O)OC)CC[C@]5(C)CC[C@]34C)O[C@@H]1C2. The predicted octanol–water partition coefficient (Wildman–Crippen LogP) is 11.1. The number of allylic oxidation sites excluding steroid dienone is 2. The summed E-state index contributed by atoms with van der Waals surface area (Å²) in [5.74, 6) is 3.86. The summed E-state index contributed by atoms with van der Waals surface area (Å²) in [5, 5.41) is 0. The molecule has 0 spiro atoms. The smallest absolute Gasteiger partial charge is 0.311 e. The van der Waals surface area contributed by atoms with E-state index >= 15 is 0 Å². The lowest BCUT2D eigenvalue weighted by Crippen LogP contribution is -2.65. The van der Waals surface area contributed by atoms with Crippen LogP contribution in [0.15, 0.2) is 35.4 Å². The van der Waals surface area contributed by atoms with Gasteiger partial charge in [0, 0.05) is 17.4 Å².